The van der Waals surface area contributed by atoms with E-state index in [1.165, 1.54) is 11.1 Å². The Morgan fingerprint density at radius 3 is 2.32 bits per heavy atom. The van der Waals surface area contributed by atoms with Gasteiger partial charge in [-0.05, 0) is 35.8 Å². The van der Waals surface area contributed by atoms with Crippen molar-refractivity contribution in [2.24, 2.45) is 0 Å². The van der Waals surface area contributed by atoms with Gasteiger partial charge in [0.15, 0.2) is 0 Å². The first-order valence-electron chi connectivity index (χ1n) is 6.49. The number of ether oxygens (including phenoxy) is 3. The summed E-state index contributed by atoms with van der Waals surface area (Å²) in [5.41, 5.74) is 2.58. The molecule has 0 aromatic heterocycles. The summed E-state index contributed by atoms with van der Waals surface area (Å²) >= 11 is 0. The average molecular weight is 260 g/mol. The van der Waals surface area contributed by atoms with Crippen LogP contribution in [0.15, 0.2) is 42.2 Å². The summed E-state index contributed by atoms with van der Waals surface area (Å²) < 4.78 is 15.7. The van der Waals surface area contributed by atoms with Crippen LogP contribution in [0.2, 0.25) is 0 Å². The first-order chi connectivity index (χ1) is 9.33. The first-order valence-corrected chi connectivity index (χ1v) is 6.49. The van der Waals surface area contributed by atoms with E-state index in [0.717, 1.165) is 24.4 Å². The smallest absolute Gasteiger partial charge is 0.119 e. The molecule has 0 aliphatic heterocycles. The van der Waals surface area contributed by atoms with E-state index >= 15 is 0 Å². The first kappa shape index (κ1) is 13.7. The second kappa shape index (κ2) is 7.00. The van der Waals surface area contributed by atoms with Crippen LogP contribution in [0.25, 0.3) is 5.57 Å². The predicted molar refractivity (Wildman–Crippen MR) is 76.1 cm³/mol. The molecular formula is C16H20O3. The molecule has 0 saturated carbocycles. The molecule has 1 aliphatic carbocycles. The molecule has 1 aromatic carbocycles. The fourth-order valence-corrected chi connectivity index (χ4v) is 2.04. The van der Waals surface area contributed by atoms with Crippen LogP contribution < -0.4 is 4.74 Å². The molecule has 2 rings (SSSR count). The second-order valence-corrected chi connectivity index (χ2v) is 4.39. The van der Waals surface area contributed by atoms with Crippen molar-refractivity contribution >= 4 is 5.57 Å². The van der Waals surface area contributed by atoms with Crippen molar-refractivity contribution < 1.29 is 14.2 Å². The zero-order valence-electron chi connectivity index (χ0n) is 11.5. The molecule has 0 N–H and O–H groups in total. The lowest BCUT2D eigenvalue weighted by Gasteiger charge is -2.14. The summed E-state index contributed by atoms with van der Waals surface area (Å²) in [7, 11) is 3.39. The van der Waals surface area contributed by atoms with Crippen LogP contribution in [0.1, 0.15) is 18.4 Å². The van der Waals surface area contributed by atoms with E-state index in [1.807, 2.05) is 18.2 Å². The largest absolute Gasteiger partial charge is 0.501 e. The highest BCUT2D eigenvalue weighted by Crippen LogP contribution is 2.28. The zero-order valence-corrected chi connectivity index (χ0v) is 11.5. The molecule has 0 heterocycles. The van der Waals surface area contributed by atoms with Crippen LogP contribution in [-0.4, -0.2) is 27.4 Å². The topological polar surface area (TPSA) is 27.7 Å². The van der Waals surface area contributed by atoms with Crippen molar-refractivity contribution in [1.29, 1.82) is 0 Å². The monoisotopic (exact) mass is 260 g/mol. The van der Waals surface area contributed by atoms with E-state index in [-0.39, 0.29) is 0 Å². The molecule has 3 heteroatoms. The van der Waals surface area contributed by atoms with Crippen molar-refractivity contribution in [3.05, 3.63) is 47.7 Å². The fourth-order valence-electron chi connectivity index (χ4n) is 2.04. The van der Waals surface area contributed by atoms with E-state index < -0.39 is 0 Å². The number of hydrogen-bond donors (Lipinski definition) is 0. The van der Waals surface area contributed by atoms with Crippen molar-refractivity contribution in [3.63, 3.8) is 0 Å². The third kappa shape index (κ3) is 3.86. The lowest BCUT2D eigenvalue weighted by Crippen LogP contribution is -2.04. The van der Waals surface area contributed by atoms with E-state index in [0.29, 0.717) is 13.2 Å². The molecule has 0 spiro atoms. The highest BCUT2D eigenvalue weighted by molar-refractivity contribution is 5.68. The average Bonchev–Trinajstić information content (AvgIpc) is 2.48. The fraction of sp³-hybridized carbons (Fsp3) is 0.375. The minimum Gasteiger partial charge on any atom is -0.501 e. The summed E-state index contributed by atoms with van der Waals surface area (Å²) in [5.74, 6) is 1.92. The summed E-state index contributed by atoms with van der Waals surface area (Å²) in [6.45, 7) is 1.19. The van der Waals surface area contributed by atoms with Crippen molar-refractivity contribution in [3.8, 4) is 5.75 Å². The normalized spacial score (nSPS) is 14.6. The van der Waals surface area contributed by atoms with Gasteiger partial charge in [0.25, 0.3) is 0 Å². The minimum atomic E-state index is 0.582. The molecule has 1 aromatic rings. The molecule has 102 valence electrons. The van der Waals surface area contributed by atoms with Crippen molar-refractivity contribution in [2.45, 2.75) is 12.8 Å². The number of benzene rings is 1. The third-order valence-electron chi connectivity index (χ3n) is 3.15. The lowest BCUT2D eigenvalue weighted by molar-refractivity contribution is 0.146. The maximum atomic E-state index is 5.55. The second-order valence-electron chi connectivity index (χ2n) is 4.39. The van der Waals surface area contributed by atoms with E-state index in [2.05, 4.69) is 18.2 Å². The van der Waals surface area contributed by atoms with Crippen LogP contribution in [0.5, 0.6) is 5.75 Å². The molecule has 0 saturated heterocycles. The van der Waals surface area contributed by atoms with Gasteiger partial charge in [0.1, 0.15) is 12.4 Å². The van der Waals surface area contributed by atoms with Gasteiger partial charge in [-0.1, -0.05) is 18.2 Å². The van der Waals surface area contributed by atoms with Gasteiger partial charge in [-0.15, -0.1) is 0 Å². The van der Waals surface area contributed by atoms with Gasteiger partial charge in [0.2, 0.25) is 0 Å². The number of rotatable bonds is 6. The predicted octanol–water partition coefficient (Wildman–Crippen LogP) is 3.42. The van der Waals surface area contributed by atoms with Crippen LogP contribution in [-0.2, 0) is 9.47 Å². The van der Waals surface area contributed by atoms with Gasteiger partial charge in [-0.25, -0.2) is 0 Å². The Kier molecular flexibility index (Phi) is 5.04. The number of allylic oxidation sites excluding steroid dienone is 4. The maximum Gasteiger partial charge on any atom is 0.119 e. The van der Waals surface area contributed by atoms with Gasteiger partial charge < -0.3 is 14.2 Å². The maximum absolute atomic E-state index is 5.55. The SMILES string of the molecule is COCCOc1ccc(C2=CC=C(OC)CC2)cc1. The van der Waals surface area contributed by atoms with Gasteiger partial charge >= 0.3 is 0 Å². The summed E-state index contributed by atoms with van der Waals surface area (Å²) in [5, 5.41) is 0. The Bertz CT molecular complexity index is 457. The Morgan fingerprint density at radius 2 is 1.74 bits per heavy atom. The van der Waals surface area contributed by atoms with Crippen LogP contribution >= 0.6 is 0 Å². The molecule has 0 unspecified atom stereocenters. The molecular weight excluding hydrogens is 240 g/mol. The third-order valence-corrected chi connectivity index (χ3v) is 3.15. The molecule has 0 bridgehead atoms. The Morgan fingerprint density at radius 1 is 0.947 bits per heavy atom. The molecule has 0 atom stereocenters. The Balaban J connectivity index is 1.99. The summed E-state index contributed by atoms with van der Waals surface area (Å²) in [6, 6.07) is 8.20. The van der Waals surface area contributed by atoms with Gasteiger partial charge in [0.05, 0.1) is 19.5 Å². The highest BCUT2D eigenvalue weighted by atomic mass is 16.5. The molecule has 0 radical (unpaired) electrons. The van der Waals surface area contributed by atoms with E-state index in [9.17, 15) is 0 Å². The molecule has 3 nitrogen and oxygen atoms in total. The van der Waals surface area contributed by atoms with Gasteiger partial charge in [0, 0.05) is 13.5 Å². The molecule has 0 fully saturated rings. The van der Waals surface area contributed by atoms with Crippen molar-refractivity contribution in [2.75, 3.05) is 27.4 Å². The molecule has 0 amide bonds. The lowest BCUT2D eigenvalue weighted by atomic mass is 9.96. The number of methoxy groups -OCH3 is 2. The molecule has 1 aliphatic rings. The van der Waals surface area contributed by atoms with Crippen LogP contribution in [0.4, 0.5) is 0 Å². The number of hydrogen-bond acceptors (Lipinski definition) is 3. The van der Waals surface area contributed by atoms with Gasteiger partial charge in [-0.2, -0.15) is 0 Å². The van der Waals surface area contributed by atoms with E-state index in [4.69, 9.17) is 14.2 Å². The Hall–Kier alpha value is -1.74. The van der Waals surface area contributed by atoms with Crippen molar-refractivity contribution in [1.82, 2.24) is 0 Å². The standard InChI is InChI=1S/C16H20O3/c1-17-11-12-19-16-9-5-14(6-10-16)13-3-7-15(18-2)8-4-13/h3,5-7,9-10H,4,8,11-12H2,1-2H3. The van der Waals surface area contributed by atoms with Crippen LogP contribution in [0, 0.1) is 0 Å². The Labute approximate surface area is 114 Å². The zero-order chi connectivity index (χ0) is 13.5. The summed E-state index contributed by atoms with van der Waals surface area (Å²) in [4.78, 5) is 0. The summed E-state index contributed by atoms with van der Waals surface area (Å²) in [6.07, 6.45) is 6.16. The molecule has 19 heavy (non-hydrogen) atoms. The highest BCUT2D eigenvalue weighted by Gasteiger charge is 2.08. The minimum absolute atomic E-state index is 0.582. The van der Waals surface area contributed by atoms with E-state index in [1.54, 1.807) is 14.2 Å². The van der Waals surface area contributed by atoms with Gasteiger partial charge in [-0.3, -0.25) is 0 Å². The quantitative estimate of drug-likeness (QED) is 0.733. The van der Waals surface area contributed by atoms with Crippen LogP contribution in [0.3, 0.4) is 0 Å².